The Bertz CT molecular complexity index is 514. The molecule has 0 fully saturated rings. The van der Waals surface area contributed by atoms with Gasteiger partial charge in [0.2, 0.25) is 0 Å². The lowest BCUT2D eigenvalue weighted by molar-refractivity contribution is -0.149. The number of aromatic amines is 1. The lowest BCUT2D eigenvalue weighted by atomic mass is 10.1. The summed E-state index contributed by atoms with van der Waals surface area (Å²) in [5.41, 5.74) is -1.04. The third-order valence-electron chi connectivity index (χ3n) is 3.02. The van der Waals surface area contributed by atoms with Gasteiger partial charge in [-0.1, -0.05) is 18.7 Å². The van der Waals surface area contributed by atoms with Crippen LogP contribution in [0.15, 0.2) is 9.95 Å². The molecule has 1 aromatic rings. The molecule has 0 saturated heterocycles. The summed E-state index contributed by atoms with van der Waals surface area (Å²) in [6, 6.07) is 0. The standard InChI is InChI=1S/C13H24N4O3S/c1-5-8-14-13(4,10(18)20-7-3)9-21-12-16-15-11(19)17(12)6-2/h14H,5-9H2,1-4H3,(H,15,19). The molecule has 0 bridgehead atoms. The predicted octanol–water partition coefficient (Wildman–Crippen LogP) is 1.00. The number of hydrogen-bond acceptors (Lipinski definition) is 6. The molecule has 1 aromatic heterocycles. The van der Waals surface area contributed by atoms with Crippen LogP contribution in [0.2, 0.25) is 0 Å². The topological polar surface area (TPSA) is 89.0 Å². The zero-order chi connectivity index (χ0) is 15.9. The number of carbonyl (C=O) groups excluding carboxylic acids is 1. The second kappa shape index (κ2) is 8.23. The molecular weight excluding hydrogens is 292 g/mol. The summed E-state index contributed by atoms with van der Waals surface area (Å²) in [7, 11) is 0. The van der Waals surface area contributed by atoms with E-state index in [1.165, 1.54) is 16.3 Å². The van der Waals surface area contributed by atoms with Crippen LogP contribution < -0.4 is 11.0 Å². The molecule has 0 aliphatic carbocycles. The van der Waals surface area contributed by atoms with E-state index >= 15 is 0 Å². The highest BCUT2D eigenvalue weighted by Gasteiger charge is 2.34. The molecule has 0 aromatic carbocycles. The summed E-state index contributed by atoms with van der Waals surface area (Å²) < 4.78 is 6.68. The lowest BCUT2D eigenvalue weighted by Gasteiger charge is -2.27. The molecule has 2 N–H and O–H groups in total. The number of nitrogens with one attached hydrogen (secondary N) is 2. The van der Waals surface area contributed by atoms with Crippen molar-refractivity contribution in [3.05, 3.63) is 10.5 Å². The summed E-state index contributed by atoms with van der Waals surface area (Å²) in [6.45, 7) is 9.11. The van der Waals surface area contributed by atoms with Gasteiger partial charge in [0.15, 0.2) is 5.16 Å². The molecular formula is C13H24N4O3S. The Morgan fingerprint density at radius 2 is 2.19 bits per heavy atom. The van der Waals surface area contributed by atoms with E-state index in [4.69, 9.17) is 4.74 Å². The molecule has 0 aliphatic heterocycles. The summed E-state index contributed by atoms with van der Waals surface area (Å²) in [6.07, 6.45) is 0.918. The van der Waals surface area contributed by atoms with Gasteiger partial charge in [0, 0.05) is 12.3 Å². The van der Waals surface area contributed by atoms with Crippen LogP contribution in [-0.4, -0.2) is 45.2 Å². The zero-order valence-corrected chi connectivity index (χ0v) is 13.9. The second-order valence-corrected chi connectivity index (χ2v) is 5.77. The van der Waals surface area contributed by atoms with E-state index in [0.717, 1.165) is 13.0 Å². The van der Waals surface area contributed by atoms with Crippen molar-refractivity contribution in [1.29, 1.82) is 0 Å². The maximum absolute atomic E-state index is 12.2. The molecule has 0 aliphatic rings. The molecule has 8 heteroatoms. The molecule has 1 unspecified atom stereocenters. The van der Waals surface area contributed by atoms with Gasteiger partial charge >= 0.3 is 11.7 Å². The van der Waals surface area contributed by atoms with E-state index in [1.54, 1.807) is 6.92 Å². The van der Waals surface area contributed by atoms with Gasteiger partial charge < -0.3 is 10.1 Å². The Kier molecular flexibility index (Phi) is 6.97. The number of carbonyl (C=O) groups is 1. The average molecular weight is 316 g/mol. The number of hydrogen-bond donors (Lipinski definition) is 2. The maximum Gasteiger partial charge on any atom is 0.343 e. The number of rotatable bonds is 9. The number of nitrogens with zero attached hydrogens (tertiary/aromatic N) is 2. The minimum Gasteiger partial charge on any atom is -0.465 e. The summed E-state index contributed by atoms with van der Waals surface area (Å²) in [5.74, 6) is 0.155. The van der Waals surface area contributed by atoms with E-state index in [-0.39, 0.29) is 11.7 Å². The first-order valence-electron chi connectivity index (χ1n) is 7.18. The van der Waals surface area contributed by atoms with Crippen LogP contribution in [0.25, 0.3) is 0 Å². The van der Waals surface area contributed by atoms with Crippen molar-refractivity contribution in [1.82, 2.24) is 20.1 Å². The van der Waals surface area contributed by atoms with Crippen molar-refractivity contribution in [3.8, 4) is 0 Å². The van der Waals surface area contributed by atoms with Gasteiger partial charge in [-0.3, -0.25) is 9.36 Å². The Morgan fingerprint density at radius 1 is 1.48 bits per heavy atom. The molecule has 21 heavy (non-hydrogen) atoms. The number of ether oxygens (including phenoxy) is 1. The van der Waals surface area contributed by atoms with Crippen molar-refractivity contribution in [2.75, 3.05) is 18.9 Å². The molecule has 0 spiro atoms. The van der Waals surface area contributed by atoms with Crippen LogP contribution in [0.3, 0.4) is 0 Å². The molecule has 0 amide bonds. The van der Waals surface area contributed by atoms with Gasteiger partial charge in [0.05, 0.1) is 6.61 Å². The molecule has 1 atom stereocenters. The monoisotopic (exact) mass is 316 g/mol. The van der Waals surface area contributed by atoms with E-state index in [1.807, 2.05) is 20.8 Å². The van der Waals surface area contributed by atoms with E-state index in [0.29, 0.717) is 24.1 Å². The van der Waals surface area contributed by atoms with Crippen molar-refractivity contribution in [3.63, 3.8) is 0 Å². The number of aromatic nitrogens is 3. The van der Waals surface area contributed by atoms with E-state index in [2.05, 4.69) is 15.5 Å². The molecule has 1 heterocycles. The maximum atomic E-state index is 12.2. The highest BCUT2D eigenvalue weighted by atomic mass is 32.2. The fourth-order valence-electron chi connectivity index (χ4n) is 1.77. The first kappa shape index (κ1) is 17.8. The second-order valence-electron chi connectivity index (χ2n) is 4.82. The van der Waals surface area contributed by atoms with Crippen LogP contribution in [0.5, 0.6) is 0 Å². The molecule has 0 saturated carbocycles. The third-order valence-corrected chi connectivity index (χ3v) is 4.31. The van der Waals surface area contributed by atoms with Crippen molar-refractivity contribution in [2.45, 2.75) is 51.4 Å². The minimum absolute atomic E-state index is 0.237. The molecule has 120 valence electrons. The van der Waals surface area contributed by atoms with Gasteiger partial charge in [0.1, 0.15) is 5.54 Å². The van der Waals surface area contributed by atoms with Crippen LogP contribution in [-0.2, 0) is 16.1 Å². The largest absolute Gasteiger partial charge is 0.465 e. The Balaban J connectivity index is 2.81. The number of esters is 1. The van der Waals surface area contributed by atoms with Gasteiger partial charge in [-0.15, -0.1) is 5.10 Å². The first-order valence-corrected chi connectivity index (χ1v) is 8.17. The number of thioether (sulfide) groups is 1. The fourth-order valence-corrected chi connectivity index (χ4v) is 2.89. The smallest absolute Gasteiger partial charge is 0.343 e. The Morgan fingerprint density at radius 3 is 2.76 bits per heavy atom. The minimum atomic E-state index is -0.801. The van der Waals surface area contributed by atoms with Crippen LogP contribution in [0.4, 0.5) is 0 Å². The Hall–Kier alpha value is -1.28. The first-order chi connectivity index (χ1) is 9.98. The summed E-state index contributed by atoms with van der Waals surface area (Å²) in [4.78, 5) is 23.7. The highest BCUT2D eigenvalue weighted by Crippen LogP contribution is 2.21. The zero-order valence-electron chi connectivity index (χ0n) is 13.1. The molecule has 1 rings (SSSR count). The predicted molar refractivity (Wildman–Crippen MR) is 82.6 cm³/mol. The van der Waals surface area contributed by atoms with Crippen molar-refractivity contribution in [2.24, 2.45) is 0 Å². The molecule has 0 radical (unpaired) electrons. The van der Waals surface area contributed by atoms with Crippen molar-refractivity contribution >= 4 is 17.7 Å². The fraction of sp³-hybridized carbons (Fsp3) is 0.769. The SMILES string of the molecule is CCCNC(C)(CSc1n[nH]c(=O)n1CC)C(=O)OCC. The van der Waals surface area contributed by atoms with Crippen LogP contribution in [0.1, 0.15) is 34.1 Å². The van der Waals surface area contributed by atoms with Gasteiger partial charge in [0.25, 0.3) is 0 Å². The summed E-state index contributed by atoms with van der Waals surface area (Å²) >= 11 is 1.36. The lowest BCUT2D eigenvalue weighted by Crippen LogP contribution is -2.53. The average Bonchev–Trinajstić information content (AvgIpc) is 2.83. The summed E-state index contributed by atoms with van der Waals surface area (Å²) in [5, 5.41) is 10.2. The van der Waals surface area contributed by atoms with Gasteiger partial charge in [-0.05, 0) is 33.7 Å². The normalized spacial score (nSPS) is 13.9. The van der Waals surface area contributed by atoms with E-state index < -0.39 is 5.54 Å². The van der Waals surface area contributed by atoms with E-state index in [9.17, 15) is 9.59 Å². The third kappa shape index (κ3) is 4.60. The quantitative estimate of drug-likeness (QED) is 0.522. The van der Waals surface area contributed by atoms with Gasteiger partial charge in [-0.2, -0.15) is 0 Å². The highest BCUT2D eigenvalue weighted by molar-refractivity contribution is 7.99. The Labute approximate surface area is 128 Å². The van der Waals surface area contributed by atoms with Crippen LogP contribution >= 0.6 is 11.8 Å². The number of H-pyrrole nitrogens is 1. The molecule has 7 nitrogen and oxygen atoms in total. The van der Waals surface area contributed by atoms with Crippen LogP contribution in [0, 0.1) is 0 Å². The van der Waals surface area contributed by atoms with Gasteiger partial charge in [-0.25, -0.2) is 9.89 Å². The van der Waals surface area contributed by atoms with Crippen molar-refractivity contribution < 1.29 is 9.53 Å².